The minimum absolute atomic E-state index is 0.173. The summed E-state index contributed by atoms with van der Waals surface area (Å²) >= 11 is 6.46. The molecule has 2 aliphatic heterocycles. The zero-order valence-corrected chi connectivity index (χ0v) is 25.7. The van der Waals surface area contributed by atoms with Crippen LogP contribution < -0.4 is 25.7 Å². The molecule has 228 valence electrons. The molecule has 3 atom stereocenters. The van der Waals surface area contributed by atoms with Gasteiger partial charge < -0.3 is 4.74 Å². The molecule has 6 rings (SSSR count). The van der Waals surface area contributed by atoms with Crippen LogP contribution in [0.4, 0.5) is 11.4 Å². The van der Waals surface area contributed by atoms with Crippen LogP contribution in [-0.2, 0) is 15.0 Å². The number of piperidine rings is 1. The summed E-state index contributed by atoms with van der Waals surface area (Å²) in [5.74, 6) is 1.35. The first-order chi connectivity index (χ1) is 20.4. The Morgan fingerprint density at radius 2 is 1.76 bits per heavy atom. The Morgan fingerprint density at radius 3 is 2.64 bits per heavy atom. The summed E-state index contributed by atoms with van der Waals surface area (Å²) in [5, 5.41) is 4.61. The van der Waals surface area contributed by atoms with Gasteiger partial charge in [-0.3, -0.25) is 5.32 Å². The zero-order valence-electron chi connectivity index (χ0n) is 24.2. The van der Waals surface area contributed by atoms with Gasteiger partial charge in [-0.2, -0.15) is 4.94 Å². The van der Waals surface area contributed by atoms with Gasteiger partial charge >= 0.3 is 0 Å². The van der Waals surface area contributed by atoms with Gasteiger partial charge in [-0.1, -0.05) is 68.3 Å². The highest BCUT2D eigenvalue weighted by Crippen LogP contribution is 2.41. The predicted octanol–water partition coefficient (Wildman–Crippen LogP) is 7.55. The summed E-state index contributed by atoms with van der Waals surface area (Å²) in [6, 6.07) is 10.8. The monoisotopic (exact) mass is 614 g/mol. The fraction of sp³-hybridized carbons (Fsp3) is 0.562. The Labute approximate surface area is 254 Å². The smallest absolute Gasteiger partial charge is 0.243 e. The minimum Gasteiger partial charge on any atom is -0.475 e. The van der Waals surface area contributed by atoms with Gasteiger partial charge in [0.1, 0.15) is 16.3 Å². The number of fused-ring (bicyclic) bond motifs is 1. The van der Waals surface area contributed by atoms with Crippen molar-refractivity contribution in [1.82, 2.24) is 10.0 Å². The van der Waals surface area contributed by atoms with Gasteiger partial charge in [0.2, 0.25) is 10.0 Å². The summed E-state index contributed by atoms with van der Waals surface area (Å²) in [6.07, 6.45) is 18.8. The number of rotatable bonds is 6. The molecule has 2 aliphatic carbocycles. The number of anilines is 2. The SMILES string of the molecule is O=S(=O)(NC1CCC(Oc2ccc(Cl)cc2C2CCCCC2)NC12C/C=C\CCCCCC2)c1cccc2c1NON2. The molecule has 1 saturated carbocycles. The van der Waals surface area contributed by atoms with E-state index in [9.17, 15) is 8.42 Å². The molecule has 2 fully saturated rings. The number of sulfonamides is 1. The highest BCUT2D eigenvalue weighted by atomic mass is 35.5. The molecule has 10 heteroatoms. The third-order valence-electron chi connectivity index (χ3n) is 9.44. The van der Waals surface area contributed by atoms with Gasteiger partial charge in [0, 0.05) is 16.6 Å². The van der Waals surface area contributed by atoms with Crippen LogP contribution in [0.2, 0.25) is 5.02 Å². The first kappa shape index (κ1) is 29.8. The molecule has 4 aliphatic rings. The first-order valence-corrected chi connectivity index (χ1v) is 17.5. The van der Waals surface area contributed by atoms with Crippen LogP contribution in [0.3, 0.4) is 0 Å². The van der Waals surface area contributed by atoms with E-state index in [1.807, 2.05) is 12.1 Å². The fourth-order valence-electron chi connectivity index (χ4n) is 7.21. The number of hydrogen-bond acceptors (Lipinski definition) is 7. The lowest BCUT2D eigenvalue weighted by atomic mass is 9.76. The van der Waals surface area contributed by atoms with Crippen LogP contribution in [0.15, 0.2) is 53.4 Å². The van der Waals surface area contributed by atoms with E-state index in [4.69, 9.17) is 21.3 Å². The van der Waals surface area contributed by atoms with E-state index in [1.165, 1.54) is 37.7 Å². The van der Waals surface area contributed by atoms with E-state index in [2.05, 4.69) is 39.2 Å². The summed E-state index contributed by atoms with van der Waals surface area (Å²) in [5.41, 5.74) is 7.15. The van der Waals surface area contributed by atoms with Crippen molar-refractivity contribution in [1.29, 1.82) is 0 Å². The molecule has 0 amide bonds. The fourth-order valence-corrected chi connectivity index (χ4v) is 8.91. The molecule has 8 nitrogen and oxygen atoms in total. The highest BCUT2D eigenvalue weighted by molar-refractivity contribution is 7.89. The van der Waals surface area contributed by atoms with E-state index in [-0.39, 0.29) is 17.2 Å². The van der Waals surface area contributed by atoms with Crippen LogP contribution in [0.25, 0.3) is 0 Å². The van der Waals surface area contributed by atoms with Crippen molar-refractivity contribution >= 4 is 33.0 Å². The normalized spacial score (nSPS) is 27.9. The van der Waals surface area contributed by atoms with Gasteiger partial charge in [0.05, 0.1) is 5.69 Å². The molecule has 42 heavy (non-hydrogen) atoms. The Morgan fingerprint density at radius 1 is 0.929 bits per heavy atom. The zero-order chi connectivity index (χ0) is 29.0. The maximum absolute atomic E-state index is 13.9. The predicted molar refractivity (Wildman–Crippen MR) is 167 cm³/mol. The van der Waals surface area contributed by atoms with Crippen LogP contribution >= 0.6 is 11.6 Å². The summed E-state index contributed by atoms with van der Waals surface area (Å²) < 4.78 is 37.6. The number of para-hydroxylation sites is 1. The number of ether oxygens (including phenoxy) is 1. The average molecular weight is 615 g/mol. The minimum atomic E-state index is -3.85. The standard InChI is InChI=1S/C32H43ClN4O4S/c33-24-16-17-27(25(22-24)23-12-7-6-8-13-23)40-30-19-18-29(32(34-30)20-9-4-2-1-3-5-10-21-32)37-42(38,39)28-15-11-14-26-31(28)36-41-35-26/h4,9,11,14-17,22-23,29-30,34-37H,1-3,5-8,10,12-13,18-21H2/b9-4-. The molecule has 3 unspecified atom stereocenters. The Bertz CT molecular complexity index is 1380. The van der Waals surface area contributed by atoms with Gasteiger partial charge in [0.15, 0.2) is 6.23 Å². The first-order valence-electron chi connectivity index (χ1n) is 15.7. The second kappa shape index (κ2) is 13.1. The third-order valence-corrected chi connectivity index (χ3v) is 11.2. The second-order valence-electron chi connectivity index (χ2n) is 12.3. The molecule has 2 aromatic carbocycles. The number of halogens is 1. The molecule has 0 aromatic heterocycles. The molecule has 0 radical (unpaired) electrons. The van der Waals surface area contributed by atoms with Crippen molar-refractivity contribution in [3.05, 3.63) is 59.1 Å². The van der Waals surface area contributed by atoms with E-state index in [1.54, 1.807) is 18.2 Å². The molecular formula is C32H43ClN4O4S. The van der Waals surface area contributed by atoms with Crippen LogP contribution in [-0.4, -0.2) is 26.2 Å². The van der Waals surface area contributed by atoms with Crippen LogP contribution in [0.5, 0.6) is 5.75 Å². The van der Waals surface area contributed by atoms with E-state index in [0.29, 0.717) is 30.1 Å². The van der Waals surface area contributed by atoms with Crippen LogP contribution in [0.1, 0.15) is 101 Å². The largest absolute Gasteiger partial charge is 0.475 e. The Hall–Kier alpha value is -2.30. The van der Waals surface area contributed by atoms with Crippen molar-refractivity contribution in [2.24, 2.45) is 0 Å². The lowest BCUT2D eigenvalue weighted by Crippen LogP contribution is -2.67. The van der Waals surface area contributed by atoms with Gasteiger partial charge in [0.25, 0.3) is 0 Å². The quantitative estimate of drug-likeness (QED) is 0.249. The molecule has 2 aromatic rings. The summed E-state index contributed by atoms with van der Waals surface area (Å²) in [4.78, 5) is 5.27. The lowest BCUT2D eigenvalue weighted by Gasteiger charge is -2.48. The third kappa shape index (κ3) is 6.60. The molecule has 1 saturated heterocycles. The molecule has 4 N–H and O–H groups in total. The van der Waals surface area contributed by atoms with E-state index in [0.717, 1.165) is 55.7 Å². The van der Waals surface area contributed by atoms with Crippen molar-refractivity contribution in [3.8, 4) is 5.75 Å². The van der Waals surface area contributed by atoms with Crippen molar-refractivity contribution in [2.45, 2.75) is 119 Å². The molecule has 1 spiro atoms. The van der Waals surface area contributed by atoms with Crippen molar-refractivity contribution in [3.63, 3.8) is 0 Å². The highest BCUT2D eigenvalue weighted by Gasteiger charge is 2.45. The maximum atomic E-state index is 13.9. The van der Waals surface area contributed by atoms with Crippen LogP contribution in [0, 0.1) is 0 Å². The Balaban J connectivity index is 1.28. The Kier molecular flexibility index (Phi) is 9.31. The van der Waals surface area contributed by atoms with Gasteiger partial charge in [-0.05, 0) is 93.2 Å². The molecule has 2 heterocycles. The van der Waals surface area contributed by atoms with Gasteiger partial charge in [-0.15, -0.1) is 0 Å². The van der Waals surface area contributed by atoms with Crippen molar-refractivity contribution < 1.29 is 18.1 Å². The maximum Gasteiger partial charge on any atom is 0.243 e. The number of nitrogens with one attached hydrogen (secondary N) is 4. The van der Waals surface area contributed by atoms with Crippen molar-refractivity contribution in [2.75, 3.05) is 11.0 Å². The number of hydrogen-bond donors (Lipinski definition) is 4. The summed E-state index contributed by atoms with van der Waals surface area (Å²) in [7, 11) is -3.85. The van der Waals surface area contributed by atoms with Gasteiger partial charge in [-0.25, -0.2) is 24.1 Å². The van der Waals surface area contributed by atoms with E-state index >= 15 is 0 Å². The number of allylic oxidation sites excluding steroid dienone is 1. The summed E-state index contributed by atoms with van der Waals surface area (Å²) in [6.45, 7) is 0. The second-order valence-corrected chi connectivity index (χ2v) is 14.4. The lowest BCUT2D eigenvalue weighted by molar-refractivity contribution is 0.0418. The molecule has 0 bridgehead atoms. The molecular weight excluding hydrogens is 572 g/mol. The number of benzene rings is 2. The van der Waals surface area contributed by atoms with E-state index < -0.39 is 15.6 Å². The topological polar surface area (TPSA) is 101 Å². The average Bonchev–Trinajstić information content (AvgIpc) is 3.48.